The molecule has 0 bridgehead atoms. The van der Waals surface area contributed by atoms with Gasteiger partial charge in [-0.25, -0.2) is 0 Å². The van der Waals surface area contributed by atoms with Crippen LogP contribution in [0, 0.1) is 6.42 Å². The molecule has 2 heteroatoms. The predicted octanol–water partition coefficient (Wildman–Crippen LogP) is 2.78. The molecule has 11 heavy (non-hydrogen) atoms. The van der Waals surface area contributed by atoms with Crippen LogP contribution in [0.2, 0.25) is 0 Å². The first-order chi connectivity index (χ1) is 5.36. The van der Waals surface area contributed by atoms with Crippen LogP contribution >= 0.6 is 15.9 Å². The molecule has 0 saturated heterocycles. The van der Waals surface area contributed by atoms with Crippen LogP contribution in [0.3, 0.4) is 0 Å². The zero-order chi connectivity index (χ0) is 7.68. The van der Waals surface area contributed by atoms with E-state index in [1.807, 2.05) is 12.1 Å². The van der Waals surface area contributed by atoms with Crippen molar-refractivity contribution in [2.75, 3.05) is 6.61 Å². The summed E-state index contributed by atoms with van der Waals surface area (Å²) in [6.07, 6.45) is 3.22. The molecular formula is C9H8BrO. The Labute approximate surface area is 74.5 Å². The van der Waals surface area contributed by atoms with E-state index in [0.717, 1.165) is 23.2 Å². The van der Waals surface area contributed by atoms with Gasteiger partial charge in [-0.2, -0.15) is 0 Å². The first-order valence-corrected chi connectivity index (χ1v) is 4.41. The Morgan fingerprint density at radius 2 is 2.27 bits per heavy atom. The molecular weight excluding hydrogens is 204 g/mol. The molecule has 0 spiro atoms. The number of halogens is 1. The fraction of sp³-hybridized carbons (Fsp3) is 0.222. The van der Waals surface area contributed by atoms with E-state index in [1.54, 1.807) is 0 Å². The highest BCUT2D eigenvalue weighted by Crippen LogP contribution is 2.28. The Kier molecular flexibility index (Phi) is 1.86. The van der Waals surface area contributed by atoms with E-state index < -0.39 is 0 Å². The SMILES string of the molecule is Brc1ccc2c(c1)[CH]CCO2. The number of benzene rings is 1. The van der Waals surface area contributed by atoms with E-state index in [0.29, 0.717) is 0 Å². The maximum absolute atomic E-state index is 5.43. The molecule has 2 rings (SSSR count). The lowest BCUT2D eigenvalue weighted by atomic mass is 10.1. The lowest BCUT2D eigenvalue weighted by Crippen LogP contribution is -2.06. The Bertz CT molecular complexity index is 270. The molecule has 0 aliphatic carbocycles. The summed E-state index contributed by atoms with van der Waals surface area (Å²) in [5.41, 5.74) is 1.20. The fourth-order valence-electron chi connectivity index (χ4n) is 1.19. The minimum atomic E-state index is 0.814. The molecule has 1 nitrogen and oxygen atoms in total. The summed E-state index contributed by atoms with van der Waals surface area (Å²) in [5.74, 6) is 0.999. The Balaban J connectivity index is 2.43. The van der Waals surface area contributed by atoms with Crippen molar-refractivity contribution >= 4 is 15.9 Å². The molecule has 1 radical (unpaired) electrons. The molecule has 57 valence electrons. The quantitative estimate of drug-likeness (QED) is 0.642. The molecule has 1 aliphatic heterocycles. The number of fused-ring (bicyclic) bond motifs is 1. The molecule has 1 aliphatic rings. The largest absolute Gasteiger partial charge is 0.493 e. The van der Waals surface area contributed by atoms with Crippen LogP contribution in [0.15, 0.2) is 22.7 Å². The molecule has 0 fully saturated rings. The van der Waals surface area contributed by atoms with Gasteiger partial charge in [-0.05, 0) is 36.6 Å². The van der Waals surface area contributed by atoms with Gasteiger partial charge in [-0.15, -0.1) is 0 Å². The molecule has 0 N–H and O–H groups in total. The smallest absolute Gasteiger partial charge is 0.122 e. The van der Waals surface area contributed by atoms with E-state index in [1.165, 1.54) is 5.56 Å². The van der Waals surface area contributed by atoms with Crippen molar-refractivity contribution in [2.45, 2.75) is 6.42 Å². The summed E-state index contributed by atoms with van der Waals surface area (Å²) < 4.78 is 6.54. The van der Waals surface area contributed by atoms with Crippen LogP contribution in [0.25, 0.3) is 0 Å². The zero-order valence-corrected chi connectivity index (χ0v) is 7.60. The Hall–Kier alpha value is -0.500. The number of rotatable bonds is 0. The summed E-state index contributed by atoms with van der Waals surface area (Å²) in [7, 11) is 0. The second-order valence-electron chi connectivity index (χ2n) is 2.52. The summed E-state index contributed by atoms with van der Waals surface area (Å²) in [4.78, 5) is 0. The van der Waals surface area contributed by atoms with Gasteiger partial charge in [0.2, 0.25) is 0 Å². The van der Waals surface area contributed by atoms with Gasteiger partial charge in [-0.1, -0.05) is 15.9 Å². The van der Waals surface area contributed by atoms with Crippen molar-refractivity contribution in [2.24, 2.45) is 0 Å². The third-order valence-corrected chi connectivity index (χ3v) is 2.20. The minimum Gasteiger partial charge on any atom is -0.493 e. The van der Waals surface area contributed by atoms with Gasteiger partial charge in [0, 0.05) is 4.47 Å². The van der Waals surface area contributed by atoms with Gasteiger partial charge in [0.15, 0.2) is 0 Å². The standard InChI is InChI=1S/C9H8BrO/c10-8-3-4-9-7(6-8)2-1-5-11-9/h2-4,6H,1,5H2. The Morgan fingerprint density at radius 1 is 1.36 bits per heavy atom. The topological polar surface area (TPSA) is 9.23 Å². The first-order valence-electron chi connectivity index (χ1n) is 3.62. The fourth-order valence-corrected chi connectivity index (χ4v) is 1.57. The van der Waals surface area contributed by atoms with E-state index in [4.69, 9.17) is 4.74 Å². The summed E-state index contributed by atoms with van der Waals surface area (Å²) in [6.45, 7) is 0.814. The summed E-state index contributed by atoms with van der Waals surface area (Å²) in [5, 5.41) is 0. The molecule has 1 heterocycles. The van der Waals surface area contributed by atoms with Crippen molar-refractivity contribution in [3.63, 3.8) is 0 Å². The number of ether oxygens (including phenoxy) is 1. The van der Waals surface area contributed by atoms with Crippen molar-refractivity contribution in [1.29, 1.82) is 0 Å². The minimum absolute atomic E-state index is 0.814. The molecule has 0 aromatic heterocycles. The second kappa shape index (κ2) is 2.86. The van der Waals surface area contributed by atoms with Crippen molar-refractivity contribution in [1.82, 2.24) is 0 Å². The monoisotopic (exact) mass is 211 g/mol. The average Bonchev–Trinajstić information content (AvgIpc) is 2.04. The van der Waals surface area contributed by atoms with Crippen LogP contribution in [-0.4, -0.2) is 6.61 Å². The van der Waals surface area contributed by atoms with Crippen molar-refractivity contribution in [3.8, 4) is 5.75 Å². The van der Waals surface area contributed by atoms with E-state index in [-0.39, 0.29) is 0 Å². The molecule has 0 unspecified atom stereocenters. The third-order valence-electron chi connectivity index (χ3n) is 1.71. The lowest BCUT2D eigenvalue weighted by molar-refractivity contribution is 0.306. The molecule has 0 amide bonds. The summed E-state index contributed by atoms with van der Waals surface area (Å²) in [6, 6.07) is 6.07. The molecule has 1 aromatic carbocycles. The van der Waals surface area contributed by atoms with E-state index in [2.05, 4.69) is 28.4 Å². The average molecular weight is 212 g/mol. The highest BCUT2D eigenvalue weighted by Gasteiger charge is 2.09. The van der Waals surface area contributed by atoms with Crippen molar-refractivity contribution < 1.29 is 4.74 Å². The van der Waals surface area contributed by atoms with Gasteiger partial charge in [0.1, 0.15) is 5.75 Å². The van der Waals surface area contributed by atoms with Gasteiger partial charge in [-0.3, -0.25) is 0 Å². The maximum atomic E-state index is 5.43. The van der Waals surface area contributed by atoms with Crippen LogP contribution < -0.4 is 4.74 Å². The summed E-state index contributed by atoms with van der Waals surface area (Å²) >= 11 is 3.41. The highest BCUT2D eigenvalue weighted by atomic mass is 79.9. The van der Waals surface area contributed by atoms with Crippen molar-refractivity contribution in [3.05, 3.63) is 34.7 Å². The Morgan fingerprint density at radius 3 is 3.18 bits per heavy atom. The van der Waals surface area contributed by atoms with Gasteiger partial charge < -0.3 is 4.74 Å². The van der Waals surface area contributed by atoms with E-state index >= 15 is 0 Å². The molecule has 0 atom stereocenters. The van der Waals surface area contributed by atoms with Gasteiger partial charge >= 0.3 is 0 Å². The molecule has 1 aromatic rings. The van der Waals surface area contributed by atoms with Crippen LogP contribution in [0.4, 0.5) is 0 Å². The highest BCUT2D eigenvalue weighted by molar-refractivity contribution is 9.10. The number of hydrogen-bond acceptors (Lipinski definition) is 1. The normalized spacial score (nSPS) is 15.4. The molecule has 0 saturated carbocycles. The second-order valence-corrected chi connectivity index (χ2v) is 3.44. The number of hydrogen-bond donors (Lipinski definition) is 0. The van der Waals surface area contributed by atoms with Crippen LogP contribution in [0.1, 0.15) is 12.0 Å². The van der Waals surface area contributed by atoms with Crippen LogP contribution in [0.5, 0.6) is 5.75 Å². The lowest BCUT2D eigenvalue weighted by Gasteiger charge is -2.16. The van der Waals surface area contributed by atoms with Crippen LogP contribution in [-0.2, 0) is 0 Å². The first kappa shape index (κ1) is 7.17. The zero-order valence-electron chi connectivity index (χ0n) is 6.01. The van der Waals surface area contributed by atoms with Gasteiger partial charge in [0.05, 0.1) is 6.61 Å². The predicted molar refractivity (Wildman–Crippen MR) is 47.7 cm³/mol. The van der Waals surface area contributed by atoms with Gasteiger partial charge in [0.25, 0.3) is 0 Å². The third kappa shape index (κ3) is 1.41. The maximum Gasteiger partial charge on any atom is 0.122 e. The van der Waals surface area contributed by atoms with E-state index in [9.17, 15) is 0 Å².